The van der Waals surface area contributed by atoms with Gasteiger partial charge < -0.3 is 9.84 Å². The number of carbonyl (C=O) groups is 1. The molecule has 1 aliphatic carbocycles. The number of nitrogens with zero attached hydrogens (tertiary/aromatic N) is 1. The molecule has 5 heteroatoms. The van der Waals surface area contributed by atoms with Crippen LogP contribution in [0.4, 0.5) is 0 Å². The van der Waals surface area contributed by atoms with Crippen molar-refractivity contribution >= 4 is 12.1 Å². The number of carbonyl (C=O) groups excluding carboxylic acids is 1. The van der Waals surface area contributed by atoms with Crippen LogP contribution in [0, 0.1) is 5.92 Å². The number of hydrogen-bond donors (Lipinski definition) is 2. The molecule has 1 aliphatic rings. The lowest BCUT2D eigenvalue weighted by Crippen LogP contribution is -2.25. The fourth-order valence-electron chi connectivity index (χ4n) is 3.99. The molecule has 152 valence electrons. The van der Waals surface area contributed by atoms with Crippen LogP contribution in [0.5, 0.6) is 11.5 Å². The summed E-state index contributed by atoms with van der Waals surface area (Å²) in [5.41, 5.74) is 5.37. The number of nitrogens with one attached hydrogen (secondary N) is 1. The van der Waals surface area contributed by atoms with E-state index in [0.717, 1.165) is 23.1 Å². The Bertz CT molecular complexity index is 1010. The molecule has 0 bridgehead atoms. The van der Waals surface area contributed by atoms with Crippen molar-refractivity contribution in [2.75, 3.05) is 6.61 Å². The molecule has 0 saturated heterocycles. The number of phenolic OH excluding ortho intramolecular Hbond substituents is 1. The molecule has 0 heterocycles. The summed E-state index contributed by atoms with van der Waals surface area (Å²) in [6, 6.07) is 25.2. The second-order valence-corrected chi connectivity index (χ2v) is 7.35. The van der Waals surface area contributed by atoms with E-state index in [1.807, 2.05) is 43.3 Å². The van der Waals surface area contributed by atoms with Crippen LogP contribution in [0.3, 0.4) is 0 Å². The molecule has 30 heavy (non-hydrogen) atoms. The highest BCUT2D eigenvalue weighted by molar-refractivity contribution is 5.88. The Morgan fingerprint density at radius 3 is 2.33 bits per heavy atom. The van der Waals surface area contributed by atoms with E-state index < -0.39 is 0 Å². The van der Waals surface area contributed by atoms with Crippen molar-refractivity contribution in [1.29, 1.82) is 0 Å². The normalized spacial score (nSPS) is 16.9. The quantitative estimate of drug-likeness (QED) is 0.460. The van der Waals surface area contributed by atoms with E-state index in [0.29, 0.717) is 12.4 Å². The van der Waals surface area contributed by atoms with Gasteiger partial charge in [-0.1, -0.05) is 60.7 Å². The maximum absolute atomic E-state index is 12.9. The molecule has 1 fully saturated rings. The maximum Gasteiger partial charge on any atom is 0.244 e. The number of rotatable bonds is 7. The van der Waals surface area contributed by atoms with Crippen LogP contribution in [0.25, 0.3) is 0 Å². The highest BCUT2D eigenvalue weighted by Crippen LogP contribution is 2.58. The number of aromatic hydroxyl groups is 1. The van der Waals surface area contributed by atoms with E-state index >= 15 is 0 Å². The number of ether oxygens (including phenoxy) is 1. The Morgan fingerprint density at radius 1 is 1.10 bits per heavy atom. The standard InChI is InChI=1S/C25H24N2O3/c1-2-30-23-15-18(13-14-22(23)28)17-26-27-24(29)21-16-25(21,19-9-5-3-6-10-19)20-11-7-4-8-12-20/h3-15,17,21,28H,2,16H2,1H3,(H,27,29)/b26-17+. The predicted molar refractivity (Wildman–Crippen MR) is 117 cm³/mol. The number of amides is 1. The molecule has 0 aromatic heterocycles. The van der Waals surface area contributed by atoms with Gasteiger partial charge in [-0.25, -0.2) is 5.43 Å². The van der Waals surface area contributed by atoms with Gasteiger partial charge in [-0.2, -0.15) is 5.10 Å². The van der Waals surface area contributed by atoms with Crippen molar-refractivity contribution in [3.8, 4) is 11.5 Å². The lowest BCUT2D eigenvalue weighted by molar-refractivity contribution is -0.122. The average Bonchev–Trinajstić information content (AvgIpc) is 3.54. The molecule has 1 atom stereocenters. The molecular weight excluding hydrogens is 376 g/mol. The maximum atomic E-state index is 12.9. The predicted octanol–water partition coefficient (Wildman–Crippen LogP) is 4.25. The first kappa shape index (κ1) is 19.7. The summed E-state index contributed by atoms with van der Waals surface area (Å²) in [5.74, 6) is 0.176. The van der Waals surface area contributed by atoms with Crippen molar-refractivity contribution in [2.24, 2.45) is 11.0 Å². The summed E-state index contributed by atoms with van der Waals surface area (Å²) in [7, 11) is 0. The number of phenols is 1. The van der Waals surface area contributed by atoms with E-state index in [1.54, 1.807) is 24.4 Å². The smallest absolute Gasteiger partial charge is 0.244 e. The van der Waals surface area contributed by atoms with Crippen molar-refractivity contribution < 1.29 is 14.6 Å². The number of hydrazone groups is 1. The molecule has 5 nitrogen and oxygen atoms in total. The lowest BCUT2D eigenvalue weighted by atomic mass is 9.85. The summed E-state index contributed by atoms with van der Waals surface area (Å²) in [6.45, 7) is 2.30. The molecule has 4 rings (SSSR count). The molecule has 2 N–H and O–H groups in total. The number of hydrogen-bond acceptors (Lipinski definition) is 4. The highest BCUT2D eigenvalue weighted by Gasteiger charge is 2.60. The van der Waals surface area contributed by atoms with Crippen LogP contribution in [0.15, 0.2) is 84.0 Å². The van der Waals surface area contributed by atoms with Gasteiger partial charge in [-0.15, -0.1) is 0 Å². The Kier molecular flexibility index (Phi) is 5.53. The second kappa shape index (κ2) is 8.41. The van der Waals surface area contributed by atoms with Crippen LogP contribution in [-0.4, -0.2) is 23.8 Å². The van der Waals surface area contributed by atoms with Gasteiger partial charge in [-0.3, -0.25) is 4.79 Å². The minimum absolute atomic E-state index is 0.0755. The topological polar surface area (TPSA) is 70.9 Å². The molecule has 1 amide bonds. The Hall–Kier alpha value is -3.60. The van der Waals surface area contributed by atoms with Gasteiger partial charge in [-0.05, 0) is 48.2 Å². The van der Waals surface area contributed by atoms with Crippen molar-refractivity contribution in [3.05, 3.63) is 95.6 Å². The van der Waals surface area contributed by atoms with Gasteiger partial charge in [0.05, 0.1) is 18.7 Å². The summed E-state index contributed by atoms with van der Waals surface area (Å²) in [6.07, 6.45) is 2.30. The zero-order valence-corrected chi connectivity index (χ0v) is 16.8. The van der Waals surface area contributed by atoms with Crippen molar-refractivity contribution in [3.63, 3.8) is 0 Å². The van der Waals surface area contributed by atoms with Gasteiger partial charge in [0.2, 0.25) is 5.91 Å². The molecule has 0 radical (unpaired) electrons. The first-order valence-electron chi connectivity index (χ1n) is 10.0. The van der Waals surface area contributed by atoms with Crippen LogP contribution < -0.4 is 10.2 Å². The van der Waals surface area contributed by atoms with Gasteiger partial charge in [0, 0.05) is 5.41 Å². The first-order chi connectivity index (χ1) is 14.6. The van der Waals surface area contributed by atoms with Gasteiger partial charge >= 0.3 is 0 Å². The molecule has 1 unspecified atom stereocenters. The fourth-order valence-corrected chi connectivity index (χ4v) is 3.99. The van der Waals surface area contributed by atoms with E-state index in [4.69, 9.17) is 4.74 Å². The summed E-state index contributed by atoms with van der Waals surface area (Å²) in [4.78, 5) is 12.9. The molecular formula is C25H24N2O3. The molecule has 3 aromatic rings. The third-order valence-corrected chi connectivity index (χ3v) is 5.53. The largest absolute Gasteiger partial charge is 0.504 e. The Morgan fingerprint density at radius 2 is 1.73 bits per heavy atom. The minimum atomic E-state index is -0.317. The molecule has 0 spiro atoms. The van der Waals surface area contributed by atoms with Gasteiger partial charge in [0.25, 0.3) is 0 Å². The second-order valence-electron chi connectivity index (χ2n) is 7.35. The molecule has 1 saturated carbocycles. The third-order valence-electron chi connectivity index (χ3n) is 5.53. The SMILES string of the molecule is CCOc1cc(/C=N/NC(=O)C2CC2(c2ccccc2)c2ccccc2)ccc1O. The molecule has 3 aromatic carbocycles. The fraction of sp³-hybridized carbons (Fsp3) is 0.200. The lowest BCUT2D eigenvalue weighted by Gasteiger charge is -2.18. The summed E-state index contributed by atoms with van der Waals surface area (Å²) < 4.78 is 5.38. The van der Waals surface area contributed by atoms with Crippen LogP contribution in [0.1, 0.15) is 30.0 Å². The highest BCUT2D eigenvalue weighted by atomic mass is 16.5. The molecule has 0 aliphatic heterocycles. The summed E-state index contributed by atoms with van der Waals surface area (Å²) in [5, 5.41) is 13.9. The van der Waals surface area contributed by atoms with Gasteiger partial charge in [0.15, 0.2) is 11.5 Å². The monoisotopic (exact) mass is 400 g/mol. The van der Waals surface area contributed by atoms with Crippen molar-refractivity contribution in [2.45, 2.75) is 18.8 Å². The van der Waals surface area contributed by atoms with E-state index in [9.17, 15) is 9.90 Å². The zero-order valence-electron chi connectivity index (χ0n) is 16.8. The Labute approximate surface area is 176 Å². The van der Waals surface area contributed by atoms with Crippen LogP contribution >= 0.6 is 0 Å². The summed E-state index contributed by atoms with van der Waals surface area (Å²) >= 11 is 0. The van der Waals surface area contributed by atoms with E-state index in [1.165, 1.54) is 0 Å². The first-order valence-corrected chi connectivity index (χ1v) is 10.0. The third kappa shape index (κ3) is 3.79. The van der Waals surface area contributed by atoms with Crippen LogP contribution in [-0.2, 0) is 10.2 Å². The van der Waals surface area contributed by atoms with Crippen LogP contribution in [0.2, 0.25) is 0 Å². The average molecular weight is 400 g/mol. The van der Waals surface area contributed by atoms with Gasteiger partial charge in [0.1, 0.15) is 0 Å². The van der Waals surface area contributed by atoms with E-state index in [2.05, 4.69) is 34.8 Å². The zero-order chi connectivity index (χ0) is 21.0. The number of benzene rings is 3. The minimum Gasteiger partial charge on any atom is -0.504 e. The van der Waals surface area contributed by atoms with Crippen molar-refractivity contribution in [1.82, 2.24) is 5.43 Å². The van der Waals surface area contributed by atoms with E-state index in [-0.39, 0.29) is 23.0 Å². The Balaban J connectivity index is 1.50.